The second kappa shape index (κ2) is 5.10. The van der Waals surface area contributed by atoms with E-state index < -0.39 is 15.9 Å². The number of primary sulfonamides is 1. The molecule has 0 saturated heterocycles. The fraction of sp³-hybridized carbons (Fsp3) is 0.692. The molecule has 0 radical (unpaired) electrons. The Morgan fingerprint density at radius 2 is 2.19 bits per heavy atom. The SMILES string of the molecule is CCCC1CC1NC(=O)c1n[nH]c(C2CC2)c1S(N)(=O)=O. The molecule has 7 nitrogen and oxygen atoms in total. The predicted molar refractivity (Wildman–Crippen MR) is 76.2 cm³/mol. The molecule has 2 unspecified atom stereocenters. The zero-order chi connectivity index (χ0) is 15.2. The summed E-state index contributed by atoms with van der Waals surface area (Å²) in [5.74, 6) is 0.172. The minimum absolute atomic E-state index is 0.0958. The van der Waals surface area contributed by atoms with Crippen molar-refractivity contribution >= 4 is 15.9 Å². The number of hydrogen-bond acceptors (Lipinski definition) is 4. The van der Waals surface area contributed by atoms with Crippen LogP contribution in [0, 0.1) is 5.92 Å². The molecule has 1 heterocycles. The number of amides is 1. The number of sulfonamides is 1. The van der Waals surface area contributed by atoms with Gasteiger partial charge in [0.05, 0.1) is 5.69 Å². The summed E-state index contributed by atoms with van der Waals surface area (Å²) in [5.41, 5.74) is 0.380. The summed E-state index contributed by atoms with van der Waals surface area (Å²) in [7, 11) is -3.96. The third-order valence-corrected chi connectivity index (χ3v) is 5.11. The first-order valence-corrected chi connectivity index (χ1v) is 8.88. The molecule has 116 valence electrons. The van der Waals surface area contributed by atoms with E-state index >= 15 is 0 Å². The Kier molecular flexibility index (Phi) is 3.53. The highest BCUT2D eigenvalue weighted by atomic mass is 32.2. The Balaban J connectivity index is 1.80. The summed E-state index contributed by atoms with van der Waals surface area (Å²) in [6, 6.07) is 0.131. The van der Waals surface area contributed by atoms with Crippen LogP contribution in [0.5, 0.6) is 0 Å². The average Bonchev–Trinajstić information content (AvgIpc) is 3.30. The van der Waals surface area contributed by atoms with Crippen LogP contribution in [0.2, 0.25) is 0 Å². The van der Waals surface area contributed by atoms with Crippen LogP contribution in [-0.2, 0) is 10.0 Å². The fourth-order valence-electron chi connectivity index (χ4n) is 2.79. The van der Waals surface area contributed by atoms with Crippen LogP contribution in [0.15, 0.2) is 4.90 Å². The zero-order valence-corrected chi connectivity index (χ0v) is 12.7. The minimum Gasteiger partial charge on any atom is -0.348 e. The maximum Gasteiger partial charge on any atom is 0.273 e. The van der Waals surface area contributed by atoms with Crippen LogP contribution in [-0.4, -0.2) is 30.6 Å². The van der Waals surface area contributed by atoms with Gasteiger partial charge in [0.1, 0.15) is 4.90 Å². The summed E-state index contributed by atoms with van der Waals surface area (Å²) < 4.78 is 23.6. The van der Waals surface area contributed by atoms with Gasteiger partial charge >= 0.3 is 0 Å². The van der Waals surface area contributed by atoms with E-state index in [-0.39, 0.29) is 22.5 Å². The quantitative estimate of drug-likeness (QED) is 0.721. The summed E-state index contributed by atoms with van der Waals surface area (Å²) in [6.07, 6.45) is 4.89. The standard InChI is InChI=1S/C13H20N4O3S/c1-2-3-8-6-9(8)15-13(18)11-12(21(14,19)20)10(16-17-11)7-4-5-7/h7-9H,2-6H2,1H3,(H,15,18)(H,16,17)(H2,14,19,20). The highest BCUT2D eigenvalue weighted by Gasteiger charge is 2.40. The van der Waals surface area contributed by atoms with E-state index in [1.165, 1.54) is 0 Å². The van der Waals surface area contributed by atoms with Crippen molar-refractivity contribution in [3.05, 3.63) is 11.4 Å². The van der Waals surface area contributed by atoms with Gasteiger partial charge in [-0.05, 0) is 31.6 Å². The number of nitrogens with two attached hydrogens (primary N) is 1. The molecule has 2 fully saturated rings. The van der Waals surface area contributed by atoms with Gasteiger partial charge in [0, 0.05) is 12.0 Å². The Morgan fingerprint density at radius 1 is 1.48 bits per heavy atom. The Hall–Kier alpha value is -1.41. The minimum atomic E-state index is -3.96. The van der Waals surface area contributed by atoms with E-state index in [9.17, 15) is 13.2 Å². The van der Waals surface area contributed by atoms with Crippen LogP contribution in [0.25, 0.3) is 0 Å². The molecule has 2 aliphatic carbocycles. The third kappa shape index (κ3) is 2.96. The number of aromatic amines is 1. The number of rotatable bonds is 6. The molecule has 2 aliphatic rings. The second-order valence-corrected chi connectivity index (χ2v) is 7.50. The summed E-state index contributed by atoms with van der Waals surface area (Å²) in [6.45, 7) is 2.10. The van der Waals surface area contributed by atoms with Crippen molar-refractivity contribution in [3.63, 3.8) is 0 Å². The van der Waals surface area contributed by atoms with Crippen molar-refractivity contribution in [1.82, 2.24) is 15.5 Å². The molecule has 1 amide bonds. The maximum absolute atomic E-state index is 12.3. The number of nitrogens with one attached hydrogen (secondary N) is 2. The maximum atomic E-state index is 12.3. The van der Waals surface area contributed by atoms with Gasteiger partial charge in [0.25, 0.3) is 5.91 Å². The number of H-pyrrole nitrogens is 1. The molecule has 0 spiro atoms. The normalized spacial score (nSPS) is 24.9. The molecule has 8 heteroatoms. The molecule has 0 aromatic carbocycles. The van der Waals surface area contributed by atoms with E-state index in [1.807, 2.05) is 0 Å². The molecular formula is C13H20N4O3S. The van der Waals surface area contributed by atoms with Gasteiger partial charge in [0.2, 0.25) is 10.0 Å². The molecule has 21 heavy (non-hydrogen) atoms. The Morgan fingerprint density at radius 3 is 2.76 bits per heavy atom. The summed E-state index contributed by atoms with van der Waals surface area (Å²) >= 11 is 0. The van der Waals surface area contributed by atoms with Gasteiger partial charge in [-0.15, -0.1) is 0 Å². The fourth-order valence-corrected chi connectivity index (χ4v) is 3.71. The highest BCUT2D eigenvalue weighted by Crippen LogP contribution is 2.42. The lowest BCUT2D eigenvalue weighted by Gasteiger charge is -2.05. The van der Waals surface area contributed by atoms with E-state index in [2.05, 4.69) is 22.4 Å². The Labute approximate surface area is 123 Å². The van der Waals surface area contributed by atoms with E-state index in [4.69, 9.17) is 5.14 Å². The lowest BCUT2D eigenvalue weighted by molar-refractivity contribution is 0.0940. The van der Waals surface area contributed by atoms with Crippen LogP contribution >= 0.6 is 0 Å². The Bertz CT molecular complexity index is 663. The van der Waals surface area contributed by atoms with Gasteiger partial charge in [-0.3, -0.25) is 9.89 Å². The molecule has 4 N–H and O–H groups in total. The van der Waals surface area contributed by atoms with Crippen molar-refractivity contribution in [2.45, 2.75) is 55.9 Å². The molecule has 0 bridgehead atoms. The smallest absolute Gasteiger partial charge is 0.273 e. The lowest BCUT2D eigenvalue weighted by Crippen LogP contribution is -2.29. The van der Waals surface area contributed by atoms with Crippen molar-refractivity contribution in [2.75, 3.05) is 0 Å². The largest absolute Gasteiger partial charge is 0.348 e. The molecule has 2 atom stereocenters. The van der Waals surface area contributed by atoms with Crippen LogP contribution in [0.1, 0.15) is 61.1 Å². The topological polar surface area (TPSA) is 118 Å². The molecule has 3 rings (SSSR count). The summed E-state index contributed by atoms with van der Waals surface area (Å²) in [5, 5.41) is 14.7. The predicted octanol–water partition coefficient (Wildman–Crippen LogP) is 0.853. The monoisotopic (exact) mass is 312 g/mol. The van der Waals surface area contributed by atoms with Gasteiger partial charge in [0.15, 0.2) is 5.69 Å². The second-order valence-electron chi connectivity index (χ2n) is 6.00. The van der Waals surface area contributed by atoms with Crippen LogP contribution in [0.4, 0.5) is 0 Å². The lowest BCUT2D eigenvalue weighted by atomic mass is 10.2. The molecule has 2 saturated carbocycles. The van der Waals surface area contributed by atoms with Crippen LogP contribution < -0.4 is 10.5 Å². The number of nitrogens with zero attached hydrogens (tertiary/aromatic N) is 1. The van der Waals surface area contributed by atoms with E-state index in [0.29, 0.717) is 11.6 Å². The molecule has 1 aromatic heterocycles. The zero-order valence-electron chi connectivity index (χ0n) is 11.9. The highest BCUT2D eigenvalue weighted by molar-refractivity contribution is 7.89. The van der Waals surface area contributed by atoms with Crippen molar-refractivity contribution < 1.29 is 13.2 Å². The first kappa shape index (κ1) is 14.5. The first-order valence-electron chi connectivity index (χ1n) is 7.33. The third-order valence-electron chi connectivity index (χ3n) is 4.13. The number of carbonyl (C=O) groups is 1. The number of carbonyl (C=O) groups excluding carboxylic acids is 1. The first-order chi connectivity index (χ1) is 9.91. The molecule has 0 aliphatic heterocycles. The van der Waals surface area contributed by atoms with Gasteiger partial charge < -0.3 is 5.32 Å². The van der Waals surface area contributed by atoms with E-state index in [1.54, 1.807) is 0 Å². The van der Waals surface area contributed by atoms with Gasteiger partial charge in [-0.25, -0.2) is 13.6 Å². The molecule has 1 aromatic rings. The van der Waals surface area contributed by atoms with Crippen LogP contribution in [0.3, 0.4) is 0 Å². The summed E-state index contributed by atoms with van der Waals surface area (Å²) in [4.78, 5) is 12.1. The van der Waals surface area contributed by atoms with E-state index in [0.717, 1.165) is 32.1 Å². The average molecular weight is 312 g/mol. The molecular weight excluding hydrogens is 292 g/mol. The number of aromatic nitrogens is 2. The van der Waals surface area contributed by atoms with Gasteiger partial charge in [-0.2, -0.15) is 5.10 Å². The van der Waals surface area contributed by atoms with Crippen molar-refractivity contribution in [2.24, 2.45) is 11.1 Å². The number of hydrogen-bond donors (Lipinski definition) is 3. The van der Waals surface area contributed by atoms with Crippen molar-refractivity contribution in [1.29, 1.82) is 0 Å². The van der Waals surface area contributed by atoms with Gasteiger partial charge in [-0.1, -0.05) is 13.3 Å². The van der Waals surface area contributed by atoms with Crippen molar-refractivity contribution in [3.8, 4) is 0 Å².